The highest BCUT2D eigenvalue weighted by Gasteiger charge is 2.21. The van der Waals surface area contributed by atoms with Crippen molar-refractivity contribution < 1.29 is 14.6 Å². The normalized spacial score (nSPS) is 11.9. The minimum absolute atomic E-state index is 0.429. The van der Waals surface area contributed by atoms with Gasteiger partial charge in [0.15, 0.2) is 0 Å². The maximum absolute atomic E-state index is 11.8. The van der Waals surface area contributed by atoms with Gasteiger partial charge in [0, 0.05) is 35.9 Å². The van der Waals surface area contributed by atoms with Crippen LogP contribution in [0.2, 0.25) is 0 Å². The summed E-state index contributed by atoms with van der Waals surface area (Å²) in [5, 5.41) is 14.0. The van der Waals surface area contributed by atoms with Crippen LogP contribution < -0.4 is 10.1 Å². The molecule has 0 fully saturated rings. The molecule has 4 aromatic rings. The van der Waals surface area contributed by atoms with Gasteiger partial charge in [-0.3, -0.25) is 4.79 Å². The fraction of sp³-hybridized carbons (Fsp3) is 0.200. The van der Waals surface area contributed by atoms with Crippen molar-refractivity contribution in [3.63, 3.8) is 0 Å². The Bertz CT molecular complexity index is 1130. The van der Waals surface area contributed by atoms with Crippen molar-refractivity contribution in [1.29, 1.82) is 0 Å². The number of H-pyrrole nitrogens is 1. The van der Waals surface area contributed by atoms with Crippen LogP contribution >= 0.6 is 0 Å². The molecule has 2 aromatic carbocycles. The van der Waals surface area contributed by atoms with Gasteiger partial charge in [-0.1, -0.05) is 36.4 Å². The molecule has 158 valence electrons. The van der Waals surface area contributed by atoms with E-state index in [0.29, 0.717) is 13.0 Å². The molecule has 1 atom stereocenters. The van der Waals surface area contributed by atoms with Crippen molar-refractivity contribution in [3.8, 4) is 5.75 Å². The molecule has 0 radical (unpaired) electrons. The Hall–Kier alpha value is -3.80. The van der Waals surface area contributed by atoms with Crippen molar-refractivity contribution in [2.75, 3.05) is 18.5 Å². The number of nitrogens with one attached hydrogen (secondary N) is 2. The number of hydrogen-bond donors (Lipinski definition) is 3. The number of anilines is 1. The number of carboxylic acids is 1. The number of benzene rings is 2. The summed E-state index contributed by atoms with van der Waals surface area (Å²) in [7, 11) is 0. The molecular formula is C25H25N3O3. The molecule has 0 spiro atoms. The molecule has 0 aliphatic rings. The second kappa shape index (κ2) is 9.80. The van der Waals surface area contributed by atoms with Crippen LogP contribution in [0.15, 0.2) is 79.1 Å². The molecule has 0 saturated carbocycles. The molecule has 2 heterocycles. The summed E-state index contributed by atoms with van der Waals surface area (Å²) in [6, 6.07) is 21.0. The van der Waals surface area contributed by atoms with E-state index in [9.17, 15) is 9.90 Å². The van der Waals surface area contributed by atoms with Crippen molar-refractivity contribution in [3.05, 3.63) is 90.3 Å². The van der Waals surface area contributed by atoms with Gasteiger partial charge in [-0.05, 0) is 48.2 Å². The topological polar surface area (TPSA) is 87.2 Å². The first-order valence-electron chi connectivity index (χ1n) is 10.4. The quantitative estimate of drug-likeness (QED) is 0.322. The Labute approximate surface area is 180 Å². The highest BCUT2D eigenvalue weighted by molar-refractivity contribution is 5.86. The SMILES string of the molecule is O=C(O)C(Cc1c[nH]c2cc(OCCCNc3ccccn3)ccc12)c1ccccc1. The number of ether oxygens (including phenoxy) is 1. The summed E-state index contributed by atoms with van der Waals surface area (Å²) in [4.78, 5) is 19.3. The highest BCUT2D eigenvalue weighted by atomic mass is 16.5. The Kier molecular flexibility index (Phi) is 6.47. The molecule has 6 heteroatoms. The lowest BCUT2D eigenvalue weighted by molar-refractivity contribution is -0.138. The number of pyridine rings is 1. The lowest BCUT2D eigenvalue weighted by Crippen LogP contribution is -2.14. The van der Waals surface area contributed by atoms with E-state index < -0.39 is 11.9 Å². The predicted octanol–water partition coefficient (Wildman–Crippen LogP) is 4.85. The standard InChI is InChI=1S/C25H25N3O3/c29-25(30)22(18-7-2-1-3-8-18)15-19-17-28-23-16-20(10-11-21(19)23)31-14-6-13-27-24-9-4-5-12-26-24/h1-5,7-12,16-17,22,28H,6,13-15H2,(H,26,27)(H,29,30). The molecule has 0 saturated heterocycles. The highest BCUT2D eigenvalue weighted by Crippen LogP contribution is 2.28. The van der Waals surface area contributed by atoms with Gasteiger partial charge in [0.2, 0.25) is 0 Å². The zero-order chi connectivity index (χ0) is 21.5. The third-order valence-corrected chi connectivity index (χ3v) is 5.22. The van der Waals surface area contributed by atoms with Crippen LogP contribution in [0.25, 0.3) is 10.9 Å². The number of carboxylic acid groups (broad SMARTS) is 1. The minimum atomic E-state index is -0.820. The largest absolute Gasteiger partial charge is 0.493 e. The first-order chi connectivity index (χ1) is 15.2. The van der Waals surface area contributed by atoms with E-state index in [1.807, 2.05) is 72.9 Å². The Morgan fingerprint density at radius 2 is 1.94 bits per heavy atom. The molecule has 3 N–H and O–H groups in total. The van der Waals surface area contributed by atoms with E-state index >= 15 is 0 Å². The number of fused-ring (bicyclic) bond motifs is 1. The lowest BCUT2D eigenvalue weighted by Gasteiger charge is -2.12. The number of rotatable bonds is 10. The van der Waals surface area contributed by atoms with Crippen LogP contribution in [0.3, 0.4) is 0 Å². The van der Waals surface area contributed by atoms with Crippen LogP contribution in [0.4, 0.5) is 5.82 Å². The van der Waals surface area contributed by atoms with E-state index in [2.05, 4.69) is 15.3 Å². The van der Waals surface area contributed by atoms with Crippen LogP contribution in [-0.2, 0) is 11.2 Å². The maximum Gasteiger partial charge on any atom is 0.311 e. The van der Waals surface area contributed by atoms with Gasteiger partial charge in [-0.2, -0.15) is 0 Å². The number of carbonyl (C=O) groups is 1. The van der Waals surface area contributed by atoms with Crippen LogP contribution in [0.5, 0.6) is 5.75 Å². The van der Waals surface area contributed by atoms with Gasteiger partial charge in [0.05, 0.1) is 12.5 Å². The van der Waals surface area contributed by atoms with Crippen molar-refractivity contribution >= 4 is 22.7 Å². The average Bonchev–Trinajstić information content (AvgIpc) is 3.20. The maximum atomic E-state index is 11.8. The molecule has 2 aromatic heterocycles. The molecule has 0 bridgehead atoms. The van der Waals surface area contributed by atoms with E-state index in [1.165, 1.54) is 0 Å². The molecule has 0 amide bonds. The molecular weight excluding hydrogens is 390 g/mol. The summed E-state index contributed by atoms with van der Waals surface area (Å²) < 4.78 is 5.88. The van der Waals surface area contributed by atoms with Gasteiger partial charge < -0.3 is 20.1 Å². The van der Waals surface area contributed by atoms with E-state index in [4.69, 9.17) is 4.74 Å². The Morgan fingerprint density at radius 3 is 2.71 bits per heavy atom. The molecule has 0 aliphatic carbocycles. The summed E-state index contributed by atoms with van der Waals surface area (Å²) >= 11 is 0. The van der Waals surface area contributed by atoms with Gasteiger partial charge in [0.25, 0.3) is 0 Å². The second-order valence-electron chi connectivity index (χ2n) is 7.37. The minimum Gasteiger partial charge on any atom is -0.493 e. The smallest absolute Gasteiger partial charge is 0.311 e. The van der Waals surface area contributed by atoms with Gasteiger partial charge in [-0.25, -0.2) is 4.98 Å². The fourth-order valence-corrected chi connectivity index (χ4v) is 3.62. The lowest BCUT2D eigenvalue weighted by atomic mass is 9.92. The molecule has 1 unspecified atom stereocenters. The van der Waals surface area contributed by atoms with Crippen molar-refractivity contribution in [1.82, 2.24) is 9.97 Å². The number of aromatic nitrogens is 2. The van der Waals surface area contributed by atoms with Crippen molar-refractivity contribution in [2.24, 2.45) is 0 Å². The Morgan fingerprint density at radius 1 is 1.10 bits per heavy atom. The zero-order valence-electron chi connectivity index (χ0n) is 17.1. The number of aromatic amines is 1. The summed E-state index contributed by atoms with van der Waals surface area (Å²) in [5.74, 6) is 0.247. The second-order valence-corrected chi connectivity index (χ2v) is 7.37. The molecule has 31 heavy (non-hydrogen) atoms. The van der Waals surface area contributed by atoms with E-state index in [0.717, 1.165) is 46.6 Å². The molecule has 0 aliphatic heterocycles. The van der Waals surface area contributed by atoms with Crippen LogP contribution in [0.1, 0.15) is 23.5 Å². The average molecular weight is 415 g/mol. The van der Waals surface area contributed by atoms with Crippen LogP contribution in [-0.4, -0.2) is 34.2 Å². The van der Waals surface area contributed by atoms with Crippen LogP contribution in [0, 0.1) is 0 Å². The summed E-state index contributed by atoms with van der Waals surface area (Å²) in [6.45, 7) is 1.37. The molecule has 4 rings (SSSR count). The Balaban J connectivity index is 1.36. The van der Waals surface area contributed by atoms with E-state index in [1.54, 1.807) is 6.20 Å². The first kappa shape index (κ1) is 20.5. The van der Waals surface area contributed by atoms with Gasteiger partial charge in [-0.15, -0.1) is 0 Å². The number of aliphatic carboxylic acids is 1. The first-order valence-corrected chi connectivity index (χ1v) is 10.4. The fourth-order valence-electron chi connectivity index (χ4n) is 3.62. The molecule has 6 nitrogen and oxygen atoms in total. The summed E-state index contributed by atoms with van der Waals surface area (Å²) in [5.41, 5.74) is 2.73. The number of hydrogen-bond acceptors (Lipinski definition) is 4. The monoisotopic (exact) mass is 415 g/mol. The number of nitrogens with zero attached hydrogens (tertiary/aromatic N) is 1. The van der Waals surface area contributed by atoms with Gasteiger partial charge >= 0.3 is 5.97 Å². The van der Waals surface area contributed by atoms with Gasteiger partial charge in [0.1, 0.15) is 11.6 Å². The van der Waals surface area contributed by atoms with E-state index in [-0.39, 0.29) is 0 Å². The zero-order valence-corrected chi connectivity index (χ0v) is 17.1. The summed E-state index contributed by atoms with van der Waals surface area (Å²) in [6.07, 6.45) is 4.93. The third-order valence-electron chi connectivity index (χ3n) is 5.22. The van der Waals surface area contributed by atoms with Crippen molar-refractivity contribution in [2.45, 2.75) is 18.8 Å². The third kappa shape index (κ3) is 5.22. The predicted molar refractivity (Wildman–Crippen MR) is 122 cm³/mol.